The highest BCUT2D eigenvalue weighted by Crippen LogP contribution is 2.31. The number of carbonyl (C=O) groups excluding carboxylic acids is 2. The van der Waals surface area contributed by atoms with Crippen molar-refractivity contribution in [2.45, 2.75) is 58.0 Å². The molecule has 0 spiro atoms. The third kappa shape index (κ3) is 4.07. The molecule has 0 radical (unpaired) electrons. The molecular formula is C21H26ClN3O3. The van der Waals surface area contributed by atoms with Crippen LogP contribution in [0.3, 0.4) is 0 Å². The number of methoxy groups -OCH3 is 1. The van der Waals surface area contributed by atoms with Crippen LogP contribution in [0.2, 0.25) is 5.15 Å². The molecule has 1 aromatic carbocycles. The SMILES string of the molecule is COC(=O)C1(NC(=O)c2c(C)nn(Cc3ccc(C)cc3)c2Cl)CCCCC1. The molecule has 1 aliphatic rings. The Balaban J connectivity index is 1.84. The van der Waals surface area contributed by atoms with E-state index in [4.69, 9.17) is 16.3 Å². The van der Waals surface area contributed by atoms with Crippen LogP contribution in [0, 0.1) is 13.8 Å². The zero-order chi connectivity index (χ0) is 20.3. The maximum absolute atomic E-state index is 13.0. The van der Waals surface area contributed by atoms with E-state index in [0.717, 1.165) is 24.8 Å². The highest BCUT2D eigenvalue weighted by molar-refractivity contribution is 6.33. The lowest BCUT2D eigenvalue weighted by atomic mass is 9.81. The molecule has 28 heavy (non-hydrogen) atoms. The summed E-state index contributed by atoms with van der Waals surface area (Å²) in [5.41, 5.74) is 2.07. The van der Waals surface area contributed by atoms with E-state index in [1.54, 1.807) is 11.6 Å². The Labute approximate surface area is 170 Å². The van der Waals surface area contributed by atoms with Gasteiger partial charge in [0, 0.05) is 0 Å². The summed E-state index contributed by atoms with van der Waals surface area (Å²) in [6.07, 6.45) is 3.92. The molecule has 1 fully saturated rings. The quantitative estimate of drug-likeness (QED) is 0.770. The van der Waals surface area contributed by atoms with Gasteiger partial charge in [0.05, 0.1) is 24.9 Å². The third-order valence-electron chi connectivity index (χ3n) is 5.38. The molecule has 0 saturated heterocycles. The lowest BCUT2D eigenvalue weighted by Crippen LogP contribution is -2.56. The number of benzene rings is 1. The summed E-state index contributed by atoms with van der Waals surface area (Å²) in [6, 6.07) is 8.07. The minimum absolute atomic E-state index is 0.270. The highest BCUT2D eigenvalue weighted by atomic mass is 35.5. The van der Waals surface area contributed by atoms with Gasteiger partial charge in [0.15, 0.2) is 0 Å². The van der Waals surface area contributed by atoms with E-state index in [9.17, 15) is 9.59 Å². The fraction of sp³-hybridized carbons (Fsp3) is 0.476. The van der Waals surface area contributed by atoms with Gasteiger partial charge < -0.3 is 10.1 Å². The molecule has 150 valence electrons. The summed E-state index contributed by atoms with van der Waals surface area (Å²) in [6.45, 7) is 4.24. The summed E-state index contributed by atoms with van der Waals surface area (Å²) < 4.78 is 6.59. The van der Waals surface area contributed by atoms with Crippen molar-refractivity contribution in [2.75, 3.05) is 7.11 Å². The van der Waals surface area contributed by atoms with Crippen LogP contribution in [-0.2, 0) is 16.1 Å². The number of aryl methyl sites for hydroxylation is 2. The molecule has 1 amide bonds. The van der Waals surface area contributed by atoms with Gasteiger partial charge in [-0.1, -0.05) is 60.7 Å². The van der Waals surface area contributed by atoms with E-state index in [-0.39, 0.29) is 11.1 Å². The lowest BCUT2D eigenvalue weighted by molar-refractivity contribution is -0.149. The number of amides is 1. The molecular weight excluding hydrogens is 378 g/mol. The summed E-state index contributed by atoms with van der Waals surface area (Å²) >= 11 is 6.51. The lowest BCUT2D eigenvalue weighted by Gasteiger charge is -2.35. The van der Waals surface area contributed by atoms with Crippen molar-refractivity contribution in [1.29, 1.82) is 0 Å². The molecule has 7 heteroatoms. The molecule has 2 aromatic rings. The van der Waals surface area contributed by atoms with Crippen LogP contribution in [0.5, 0.6) is 0 Å². The van der Waals surface area contributed by atoms with Gasteiger partial charge in [-0.2, -0.15) is 5.10 Å². The number of rotatable bonds is 5. The van der Waals surface area contributed by atoms with Gasteiger partial charge >= 0.3 is 5.97 Å². The van der Waals surface area contributed by atoms with Gasteiger partial charge in [-0.05, 0) is 32.3 Å². The Morgan fingerprint density at radius 2 is 1.82 bits per heavy atom. The van der Waals surface area contributed by atoms with Crippen molar-refractivity contribution < 1.29 is 14.3 Å². The number of hydrogen-bond donors (Lipinski definition) is 1. The largest absolute Gasteiger partial charge is 0.467 e. The van der Waals surface area contributed by atoms with E-state index in [1.165, 1.54) is 12.7 Å². The van der Waals surface area contributed by atoms with E-state index in [1.807, 2.05) is 31.2 Å². The Morgan fingerprint density at radius 3 is 2.43 bits per heavy atom. The number of nitrogens with zero attached hydrogens (tertiary/aromatic N) is 2. The predicted molar refractivity (Wildman–Crippen MR) is 108 cm³/mol. The standard InChI is InChI=1S/C21H26ClN3O3/c1-14-7-9-16(10-8-14)13-25-18(22)17(15(2)24-25)19(26)23-21(20(27)28-3)11-5-4-6-12-21/h7-10H,4-6,11-13H2,1-3H3,(H,23,26). The van der Waals surface area contributed by atoms with E-state index < -0.39 is 11.5 Å². The van der Waals surface area contributed by atoms with Gasteiger partial charge in [-0.25, -0.2) is 9.48 Å². The fourth-order valence-electron chi connectivity index (χ4n) is 3.79. The summed E-state index contributed by atoms with van der Waals surface area (Å²) in [5.74, 6) is -0.786. The molecule has 0 aliphatic heterocycles. The second-order valence-electron chi connectivity index (χ2n) is 7.48. The maximum atomic E-state index is 13.0. The zero-order valence-electron chi connectivity index (χ0n) is 16.5. The predicted octanol–water partition coefficient (Wildman–Crippen LogP) is 3.81. The second-order valence-corrected chi connectivity index (χ2v) is 7.84. The van der Waals surface area contributed by atoms with Crippen LogP contribution in [0.4, 0.5) is 0 Å². The van der Waals surface area contributed by atoms with Crippen molar-refractivity contribution in [1.82, 2.24) is 15.1 Å². The monoisotopic (exact) mass is 403 g/mol. The van der Waals surface area contributed by atoms with Crippen molar-refractivity contribution in [3.63, 3.8) is 0 Å². The molecule has 3 rings (SSSR count). The second kappa shape index (κ2) is 8.35. The van der Waals surface area contributed by atoms with Gasteiger partial charge in [0.1, 0.15) is 10.7 Å². The molecule has 6 nitrogen and oxygen atoms in total. The van der Waals surface area contributed by atoms with Crippen molar-refractivity contribution in [3.8, 4) is 0 Å². The van der Waals surface area contributed by atoms with Crippen LogP contribution in [0.15, 0.2) is 24.3 Å². The average molecular weight is 404 g/mol. The molecule has 0 unspecified atom stereocenters. The van der Waals surface area contributed by atoms with Crippen LogP contribution in [-0.4, -0.2) is 34.3 Å². The summed E-state index contributed by atoms with van der Waals surface area (Å²) in [4.78, 5) is 25.4. The van der Waals surface area contributed by atoms with Crippen molar-refractivity contribution in [3.05, 3.63) is 51.8 Å². The smallest absolute Gasteiger partial charge is 0.331 e. The highest BCUT2D eigenvalue weighted by Gasteiger charge is 2.42. The first-order valence-electron chi connectivity index (χ1n) is 9.56. The van der Waals surface area contributed by atoms with Gasteiger partial charge in [-0.3, -0.25) is 4.79 Å². The topological polar surface area (TPSA) is 73.2 Å². The molecule has 1 aliphatic carbocycles. The summed E-state index contributed by atoms with van der Waals surface area (Å²) in [5, 5.41) is 7.62. The Kier molecular flexibility index (Phi) is 6.08. The number of nitrogens with one attached hydrogen (secondary N) is 1. The Hall–Kier alpha value is -2.34. The Bertz CT molecular complexity index is 868. The number of hydrogen-bond acceptors (Lipinski definition) is 4. The van der Waals surface area contributed by atoms with Crippen molar-refractivity contribution in [2.24, 2.45) is 0 Å². The average Bonchev–Trinajstić information content (AvgIpc) is 2.96. The fourth-order valence-corrected chi connectivity index (χ4v) is 4.11. The molecule has 0 atom stereocenters. The first-order chi connectivity index (χ1) is 13.4. The molecule has 1 aromatic heterocycles. The number of carbonyl (C=O) groups is 2. The van der Waals surface area contributed by atoms with Gasteiger partial charge in [0.2, 0.25) is 0 Å². The van der Waals surface area contributed by atoms with Gasteiger partial charge in [-0.15, -0.1) is 0 Å². The minimum Gasteiger partial charge on any atom is -0.467 e. The number of esters is 1. The normalized spacial score (nSPS) is 15.9. The number of aromatic nitrogens is 2. The van der Waals surface area contributed by atoms with Gasteiger partial charge in [0.25, 0.3) is 5.91 Å². The Morgan fingerprint density at radius 1 is 1.18 bits per heavy atom. The number of ether oxygens (including phenoxy) is 1. The molecule has 0 bridgehead atoms. The van der Waals surface area contributed by atoms with Crippen molar-refractivity contribution >= 4 is 23.5 Å². The summed E-state index contributed by atoms with van der Waals surface area (Å²) in [7, 11) is 1.35. The van der Waals surface area contributed by atoms with Crippen LogP contribution >= 0.6 is 11.6 Å². The maximum Gasteiger partial charge on any atom is 0.331 e. The molecule has 1 N–H and O–H groups in total. The first-order valence-corrected chi connectivity index (χ1v) is 9.93. The van der Waals surface area contributed by atoms with Crippen LogP contribution in [0.1, 0.15) is 59.3 Å². The molecule has 1 saturated carbocycles. The third-order valence-corrected chi connectivity index (χ3v) is 5.77. The zero-order valence-corrected chi connectivity index (χ0v) is 17.3. The van der Waals surface area contributed by atoms with Crippen LogP contribution < -0.4 is 5.32 Å². The number of halogens is 1. The van der Waals surface area contributed by atoms with E-state index >= 15 is 0 Å². The first kappa shape index (κ1) is 20.4. The van der Waals surface area contributed by atoms with E-state index in [0.29, 0.717) is 30.6 Å². The molecule has 1 heterocycles. The van der Waals surface area contributed by atoms with Crippen LogP contribution in [0.25, 0.3) is 0 Å². The van der Waals surface area contributed by atoms with E-state index in [2.05, 4.69) is 10.4 Å². The minimum atomic E-state index is -0.987.